The number of nitrogens with two attached hydrogens (primary N) is 1. The van der Waals surface area contributed by atoms with Crippen molar-refractivity contribution in [3.8, 4) is 0 Å². The van der Waals surface area contributed by atoms with Crippen LogP contribution in [0.1, 0.15) is 19.4 Å². The minimum Gasteiger partial charge on any atom is -0.346 e. The molecule has 20 heavy (non-hydrogen) atoms. The van der Waals surface area contributed by atoms with Crippen LogP contribution in [-0.2, 0) is 9.59 Å². The number of rotatable bonds is 5. The molecule has 0 unspecified atom stereocenters. The van der Waals surface area contributed by atoms with Crippen molar-refractivity contribution in [2.24, 2.45) is 11.7 Å². The molecule has 1 atom stereocenters. The smallest absolute Gasteiger partial charge is 0.244 e. The summed E-state index contributed by atoms with van der Waals surface area (Å²) in [5, 5.41) is 5.14. The van der Waals surface area contributed by atoms with E-state index in [9.17, 15) is 9.59 Å². The molecule has 0 aliphatic carbocycles. The van der Waals surface area contributed by atoms with Gasteiger partial charge in [-0.3, -0.25) is 9.59 Å². The molecule has 7 heteroatoms. The van der Waals surface area contributed by atoms with Crippen molar-refractivity contribution in [1.82, 2.24) is 10.3 Å². The molecule has 0 spiro atoms. The van der Waals surface area contributed by atoms with Crippen LogP contribution in [-0.4, -0.2) is 29.4 Å². The summed E-state index contributed by atoms with van der Waals surface area (Å²) in [6, 6.07) is 1.23. The Morgan fingerprint density at radius 3 is 2.65 bits per heavy atom. The van der Waals surface area contributed by atoms with Crippen molar-refractivity contribution in [1.29, 1.82) is 0 Å². The van der Waals surface area contributed by atoms with E-state index in [1.807, 2.05) is 26.8 Å². The molecule has 1 aromatic rings. The molecule has 1 heterocycles. The maximum Gasteiger partial charge on any atom is 0.244 e. The fraction of sp³-hybridized carbons (Fsp3) is 0.462. The van der Waals surface area contributed by atoms with Gasteiger partial charge in [0.25, 0.3) is 0 Å². The van der Waals surface area contributed by atoms with Crippen LogP contribution in [0.25, 0.3) is 0 Å². The third kappa shape index (κ3) is 4.90. The molecular formula is C13H19BrN4O2. The first kappa shape index (κ1) is 16.6. The number of aryl methyl sites for hydroxylation is 1. The third-order valence-corrected chi connectivity index (χ3v) is 3.18. The van der Waals surface area contributed by atoms with Gasteiger partial charge in [0.15, 0.2) is 0 Å². The molecule has 6 nitrogen and oxygen atoms in total. The highest BCUT2D eigenvalue weighted by molar-refractivity contribution is 9.10. The molecule has 1 aromatic heterocycles. The van der Waals surface area contributed by atoms with Gasteiger partial charge >= 0.3 is 0 Å². The lowest BCUT2D eigenvalue weighted by atomic mass is 10.1. The van der Waals surface area contributed by atoms with Gasteiger partial charge in [0.1, 0.15) is 5.82 Å². The van der Waals surface area contributed by atoms with Crippen LogP contribution in [0.5, 0.6) is 0 Å². The molecular weight excluding hydrogens is 324 g/mol. The number of hydrogen-bond donors (Lipinski definition) is 3. The van der Waals surface area contributed by atoms with Gasteiger partial charge in [-0.2, -0.15) is 0 Å². The van der Waals surface area contributed by atoms with E-state index in [0.29, 0.717) is 5.82 Å². The molecule has 0 aliphatic heterocycles. The standard InChI is InChI=1S/C13H19BrN4O2/c1-7(2)11(15)13(20)17-6-10(19)18-12-8(3)4-9(14)5-16-12/h4-5,7,11H,6,15H2,1-3H3,(H,17,20)(H,16,18,19)/t11-/m0/s1. The van der Waals surface area contributed by atoms with Crippen molar-refractivity contribution in [2.45, 2.75) is 26.8 Å². The molecule has 0 saturated carbocycles. The molecule has 0 fully saturated rings. The third-order valence-electron chi connectivity index (χ3n) is 2.75. The lowest BCUT2D eigenvalue weighted by Crippen LogP contribution is -2.46. The van der Waals surface area contributed by atoms with Gasteiger partial charge in [-0.25, -0.2) is 4.98 Å². The lowest BCUT2D eigenvalue weighted by Gasteiger charge is -2.15. The molecule has 0 aliphatic rings. The second kappa shape index (κ2) is 7.35. The highest BCUT2D eigenvalue weighted by Gasteiger charge is 2.17. The SMILES string of the molecule is Cc1cc(Br)cnc1NC(=O)CNC(=O)[C@@H](N)C(C)C. The van der Waals surface area contributed by atoms with E-state index < -0.39 is 6.04 Å². The zero-order valence-corrected chi connectivity index (χ0v) is 13.3. The molecule has 4 N–H and O–H groups in total. The maximum atomic E-state index is 11.7. The number of halogens is 1. The highest BCUT2D eigenvalue weighted by atomic mass is 79.9. The fourth-order valence-corrected chi connectivity index (χ4v) is 1.88. The van der Waals surface area contributed by atoms with E-state index in [4.69, 9.17) is 5.73 Å². The summed E-state index contributed by atoms with van der Waals surface area (Å²) in [7, 11) is 0. The normalized spacial score (nSPS) is 12.1. The minimum absolute atomic E-state index is 0.0217. The van der Waals surface area contributed by atoms with Gasteiger partial charge in [0.05, 0.1) is 12.6 Å². The number of aromatic nitrogens is 1. The van der Waals surface area contributed by atoms with Gasteiger partial charge in [-0.1, -0.05) is 13.8 Å². The highest BCUT2D eigenvalue weighted by Crippen LogP contribution is 2.16. The van der Waals surface area contributed by atoms with Crippen molar-refractivity contribution < 1.29 is 9.59 Å². The van der Waals surface area contributed by atoms with Crippen LogP contribution in [0.4, 0.5) is 5.82 Å². The number of nitrogens with zero attached hydrogens (tertiary/aromatic N) is 1. The van der Waals surface area contributed by atoms with Crippen LogP contribution in [0, 0.1) is 12.8 Å². The molecule has 110 valence electrons. The Bertz CT molecular complexity index is 505. The van der Waals surface area contributed by atoms with Crippen LogP contribution < -0.4 is 16.4 Å². The number of carbonyl (C=O) groups is 2. The van der Waals surface area contributed by atoms with Crippen LogP contribution >= 0.6 is 15.9 Å². The first-order chi connectivity index (χ1) is 9.31. The maximum absolute atomic E-state index is 11.7. The van der Waals surface area contributed by atoms with Crippen LogP contribution in [0.3, 0.4) is 0 Å². The summed E-state index contributed by atoms with van der Waals surface area (Å²) < 4.78 is 0.837. The first-order valence-corrected chi connectivity index (χ1v) is 7.06. The van der Waals surface area contributed by atoms with E-state index in [1.54, 1.807) is 6.20 Å². The number of amides is 2. The Balaban J connectivity index is 2.50. The predicted molar refractivity (Wildman–Crippen MR) is 81.1 cm³/mol. The first-order valence-electron chi connectivity index (χ1n) is 6.26. The van der Waals surface area contributed by atoms with Crippen molar-refractivity contribution in [2.75, 3.05) is 11.9 Å². The van der Waals surface area contributed by atoms with Gasteiger partial charge in [0, 0.05) is 10.7 Å². The second-order valence-electron chi connectivity index (χ2n) is 4.85. The number of carbonyl (C=O) groups excluding carboxylic acids is 2. The predicted octanol–water partition coefficient (Wildman–Crippen LogP) is 1.19. The number of pyridine rings is 1. The largest absolute Gasteiger partial charge is 0.346 e. The van der Waals surface area contributed by atoms with Gasteiger partial charge in [-0.05, 0) is 40.4 Å². The van der Waals surface area contributed by atoms with E-state index in [2.05, 4.69) is 31.5 Å². The Kier molecular flexibility index (Phi) is 6.09. The van der Waals surface area contributed by atoms with Gasteiger partial charge in [-0.15, -0.1) is 0 Å². The summed E-state index contributed by atoms with van der Waals surface area (Å²) in [5.74, 6) is -0.183. The fourth-order valence-electron chi connectivity index (χ4n) is 1.44. The zero-order chi connectivity index (χ0) is 15.3. The van der Waals surface area contributed by atoms with Gasteiger partial charge < -0.3 is 16.4 Å². The van der Waals surface area contributed by atoms with E-state index >= 15 is 0 Å². The van der Waals surface area contributed by atoms with Crippen molar-refractivity contribution in [3.05, 3.63) is 22.3 Å². The van der Waals surface area contributed by atoms with E-state index in [-0.39, 0.29) is 24.3 Å². The summed E-state index contributed by atoms with van der Waals surface area (Å²) >= 11 is 3.30. The average Bonchev–Trinajstić information content (AvgIpc) is 2.38. The molecule has 1 rings (SSSR count). The summed E-state index contributed by atoms with van der Waals surface area (Å²) in [6.07, 6.45) is 1.59. The average molecular weight is 343 g/mol. The molecule has 0 bridgehead atoms. The Morgan fingerprint density at radius 1 is 1.45 bits per heavy atom. The topological polar surface area (TPSA) is 97.1 Å². The summed E-state index contributed by atoms with van der Waals surface area (Å²) in [4.78, 5) is 27.4. The Morgan fingerprint density at radius 2 is 2.10 bits per heavy atom. The number of nitrogens with one attached hydrogen (secondary N) is 2. The van der Waals surface area contributed by atoms with Crippen LogP contribution in [0.15, 0.2) is 16.7 Å². The molecule has 0 aromatic carbocycles. The summed E-state index contributed by atoms with van der Waals surface area (Å²) in [6.45, 7) is 5.40. The van der Waals surface area contributed by atoms with Gasteiger partial charge in [0.2, 0.25) is 11.8 Å². The zero-order valence-electron chi connectivity index (χ0n) is 11.7. The van der Waals surface area contributed by atoms with Crippen molar-refractivity contribution in [3.63, 3.8) is 0 Å². The molecule has 0 saturated heterocycles. The monoisotopic (exact) mass is 342 g/mol. The number of hydrogen-bond acceptors (Lipinski definition) is 4. The lowest BCUT2D eigenvalue weighted by molar-refractivity contribution is -0.125. The second-order valence-corrected chi connectivity index (χ2v) is 5.77. The van der Waals surface area contributed by atoms with E-state index in [1.165, 1.54) is 0 Å². The van der Waals surface area contributed by atoms with Crippen molar-refractivity contribution >= 4 is 33.6 Å². The van der Waals surface area contributed by atoms with E-state index in [0.717, 1.165) is 10.0 Å². The summed E-state index contributed by atoms with van der Waals surface area (Å²) in [5.41, 5.74) is 6.51. The Labute approximate surface area is 126 Å². The quantitative estimate of drug-likeness (QED) is 0.748. The number of anilines is 1. The molecule has 0 radical (unpaired) electrons. The minimum atomic E-state index is -0.615. The Hall–Kier alpha value is -1.47. The molecule has 2 amide bonds. The van der Waals surface area contributed by atoms with Crippen LogP contribution in [0.2, 0.25) is 0 Å².